The molecule has 0 aromatic carbocycles. The summed E-state index contributed by atoms with van der Waals surface area (Å²) in [5.41, 5.74) is 7.13. The van der Waals surface area contributed by atoms with E-state index in [-0.39, 0.29) is 18.5 Å². The smallest absolute Gasteiger partial charge is 0.260 e. The molecule has 33 heavy (non-hydrogen) atoms. The summed E-state index contributed by atoms with van der Waals surface area (Å²) in [4.78, 5) is 34.9. The minimum atomic E-state index is -2.85. The highest BCUT2D eigenvalue weighted by Crippen LogP contribution is 2.51. The molecule has 9 nitrogen and oxygen atoms in total. The Morgan fingerprint density at radius 3 is 2.70 bits per heavy atom. The summed E-state index contributed by atoms with van der Waals surface area (Å²) in [6, 6.07) is 1.56. The Morgan fingerprint density at radius 2 is 2.03 bits per heavy atom. The first-order valence-corrected chi connectivity index (χ1v) is 11.1. The van der Waals surface area contributed by atoms with Gasteiger partial charge in [0, 0.05) is 24.9 Å². The monoisotopic (exact) mass is 455 g/mol. The van der Waals surface area contributed by atoms with E-state index in [9.17, 15) is 18.4 Å². The van der Waals surface area contributed by atoms with Gasteiger partial charge in [-0.25, -0.2) is 18.7 Å². The van der Waals surface area contributed by atoms with Crippen molar-refractivity contribution < 1.29 is 18.4 Å². The molecular weight excluding hydrogens is 432 g/mol. The first-order chi connectivity index (χ1) is 15.8. The first kappa shape index (κ1) is 20.3. The molecule has 2 amide bonds. The zero-order valence-corrected chi connectivity index (χ0v) is 17.7. The zero-order chi connectivity index (χ0) is 23.0. The molecule has 3 fully saturated rings. The molecule has 0 radical (unpaired) electrons. The molecule has 172 valence electrons. The van der Waals surface area contributed by atoms with Crippen LogP contribution in [-0.4, -0.2) is 54.5 Å². The molecule has 3 N–H and O–H groups in total. The highest BCUT2D eigenvalue weighted by molar-refractivity contribution is 5.86. The van der Waals surface area contributed by atoms with Gasteiger partial charge in [-0.2, -0.15) is 5.10 Å². The number of carbonyl (C=O) groups excluding carboxylic acids is 2. The lowest BCUT2D eigenvalue weighted by Crippen LogP contribution is -2.44. The fraction of sp³-hybridized carbons (Fsp3) is 0.500. The molecule has 2 aromatic heterocycles. The Morgan fingerprint density at radius 1 is 1.24 bits per heavy atom. The number of alkyl halides is 2. The van der Waals surface area contributed by atoms with Crippen LogP contribution in [0, 0.1) is 5.92 Å². The van der Waals surface area contributed by atoms with E-state index in [1.807, 2.05) is 6.08 Å². The van der Waals surface area contributed by atoms with Gasteiger partial charge in [0.25, 0.3) is 5.92 Å². The number of carbonyl (C=O) groups is 2. The maximum Gasteiger partial charge on any atom is 0.260 e. The van der Waals surface area contributed by atoms with Crippen molar-refractivity contribution in [3.05, 3.63) is 36.4 Å². The van der Waals surface area contributed by atoms with Crippen LogP contribution in [0.5, 0.6) is 0 Å². The van der Waals surface area contributed by atoms with Gasteiger partial charge in [0.2, 0.25) is 17.8 Å². The highest BCUT2D eigenvalue weighted by atomic mass is 19.3. The SMILES string of the molecule is NC(=O)C1(n2cc(Nc3nccc(C4=CC5CCC(C4)N5C(=O)[C@@H]4CC4(F)F)n3)cn2)CC1. The first-order valence-electron chi connectivity index (χ1n) is 11.1. The van der Waals surface area contributed by atoms with Crippen molar-refractivity contribution in [2.75, 3.05) is 5.32 Å². The molecule has 2 unspecified atom stereocenters. The Balaban J connectivity index is 1.19. The van der Waals surface area contributed by atoms with Crippen molar-refractivity contribution in [3.8, 4) is 0 Å². The van der Waals surface area contributed by atoms with Crippen molar-refractivity contribution in [1.82, 2.24) is 24.6 Å². The predicted molar refractivity (Wildman–Crippen MR) is 113 cm³/mol. The zero-order valence-electron chi connectivity index (χ0n) is 17.7. The van der Waals surface area contributed by atoms with E-state index in [2.05, 4.69) is 20.4 Å². The Hall–Kier alpha value is -3.37. The van der Waals surface area contributed by atoms with Crippen LogP contribution in [0.2, 0.25) is 0 Å². The maximum absolute atomic E-state index is 13.4. The third kappa shape index (κ3) is 3.28. The third-order valence-corrected chi connectivity index (χ3v) is 7.22. The number of aromatic nitrogens is 4. The van der Waals surface area contributed by atoms with Crippen LogP contribution in [0.15, 0.2) is 30.7 Å². The van der Waals surface area contributed by atoms with Gasteiger partial charge in [-0.1, -0.05) is 6.08 Å². The van der Waals surface area contributed by atoms with E-state index in [0.29, 0.717) is 30.9 Å². The standard InChI is InChI=1S/C22H23F2N7O2/c23-22(24)9-16(22)18(32)31-14-1-2-15(31)8-12(7-14)17-3-6-26-20(29-17)28-13-10-27-30(11-13)21(4-5-21)19(25)33/h3,6-7,10-11,14-16H,1-2,4-5,8-9H2,(H2,25,33)(H,26,28,29)/t14?,15?,16-/m0/s1. The number of primary amides is 1. The molecule has 1 saturated heterocycles. The van der Waals surface area contributed by atoms with Gasteiger partial charge >= 0.3 is 0 Å². The van der Waals surface area contributed by atoms with Crippen molar-refractivity contribution in [2.45, 2.75) is 62.1 Å². The molecule has 6 rings (SSSR count). The summed E-state index contributed by atoms with van der Waals surface area (Å²) in [6.07, 6.45) is 10.1. The molecule has 11 heteroatoms. The second kappa shape index (κ2) is 6.82. The van der Waals surface area contributed by atoms with Gasteiger partial charge in [-0.05, 0) is 43.7 Å². The normalized spacial score (nSPS) is 28.2. The lowest BCUT2D eigenvalue weighted by molar-refractivity contribution is -0.137. The van der Waals surface area contributed by atoms with E-state index in [4.69, 9.17) is 5.73 Å². The molecular formula is C22H23F2N7O2. The van der Waals surface area contributed by atoms with Crippen LogP contribution in [0.4, 0.5) is 20.4 Å². The molecule has 2 aliphatic heterocycles. The van der Waals surface area contributed by atoms with Crippen molar-refractivity contribution >= 4 is 29.0 Å². The topological polar surface area (TPSA) is 119 Å². The summed E-state index contributed by atoms with van der Waals surface area (Å²) in [5.74, 6) is -4.45. The van der Waals surface area contributed by atoms with Crippen molar-refractivity contribution in [1.29, 1.82) is 0 Å². The van der Waals surface area contributed by atoms with Crippen LogP contribution in [0.1, 0.15) is 44.2 Å². The van der Waals surface area contributed by atoms with E-state index >= 15 is 0 Å². The number of nitrogens with zero attached hydrogens (tertiary/aromatic N) is 5. The van der Waals surface area contributed by atoms with Crippen molar-refractivity contribution in [3.63, 3.8) is 0 Å². The van der Waals surface area contributed by atoms with E-state index in [1.54, 1.807) is 34.2 Å². The predicted octanol–water partition coefficient (Wildman–Crippen LogP) is 2.19. The molecule has 2 aromatic rings. The largest absolute Gasteiger partial charge is 0.368 e. The molecule has 2 saturated carbocycles. The fourth-order valence-corrected chi connectivity index (χ4v) is 5.08. The van der Waals surface area contributed by atoms with E-state index < -0.39 is 29.2 Å². The van der Waals surface area contributed by atoms with Gasteiger partial charge < -0.3 is 16.0 Å². The van der Waals surface area contributed by atoms with Gasteiger partial charge in [0.15, 0.2) is 0 Å². The average molecular weight is 455 g/mol. The van der Waals surface area contributed by atoms with E-state index in [1.165, 1.54) is 0 Å². The lowest BCUT2D eigenvalue weighted by Gasteiger charge is -2.34. The Kier molecular flexibility index (Phi) is 4.18. The third-order valence-electron chi connectivity index (χ3n) is 7.22. The number of nitrogens with two attached hydrogens (primary N) is 1. The summed E-state index contributed by atoms with van der Waals surface area (Å²) >= 11 is 0. The second-order valence-corrected chi connectivity index (χ2v) is 9.42. The van der Waals surface area contributed by atoms with Gasteiger partial charge in [0.1, 0.15) is 11.5 Å². The van der Waals surface area contributed by atoms with Gasteiger partial charge in [-0.3, -0.25) is 14.3 Å². The van der Waals surface area contributed by atoms with Crippen LogP contribution >= 0.6 is 0 Å². The Bertz CT molecular complexity index is 1190. The second-order valence-electron chi connectivity index (χ2n) is 9.42. The number of anilines is 2. The molecule has 2 bridgehead atoms. The highest BCUT2D eigenvalue weighted by Gasteiger charge is 2.63. The van der Waals surface area contributed by atoms with Crippen molar-refractivity contribution in [2.24, 2.45) is 11.7 Å². The van der Waals surface area contributed by atoms with Crippen LogP contribution in [0.3, 0.4) is 0 Å². The summed E-state index contributed by atoms with van der Waals surface area (Å²) in [7, 11) is 0. The van der Waals surface area contributed by atoms with Gasteiger partial charge in [-0.15, -0.1) is 0 Å². The van der Waals surface area contributed by atoms with Crippen LogP contribution in [0.25, 0.3) is 5.57 Å². The summed E-state index contributed by atoms with van der Waals surface area (Å²) < 4.78 is 28.5. The number of hydrogen-bond acceptors (Lipinski definition) is 6. The number of rotatable bonds is 6. The van der Waals surface area contributed by atoms with Gasteiger partial charge in [0.05, 0.1) is 23.6 Å². The molecule has 4 aliphatic rings. The number of halogens is 2. The number of amides is 2. The summed E-state index contributed by atoms with van der Waals surface area (Å²) in [6.45, 7) is 0. The van der Waals surface area contributed by atoms with E-state index in [0.717, 1.165) is 24.1 Å². The molecule has 3 atom stereocenters. The molecule has 4 heterocycles. The average Bonchev–Trinajstić information content (AvgIpc) is 3.63. The Labute approximate surface area is 188 Å². The summed E-state index contributed by atoms with van der Waals surface area (Å²) in [5, 5.41) is 7.37. The maximum atomic E-state index is 13.4. The minimum absolute atomic E-state index is 0.0768. The molecule has 2 aliphatic carbocycles. The number of nitrogens with one attached hydrogen (secondary N) is 1. The number of fused-ring (bicyclic) bond motifs is 2. The number of hydrogen-bond donors (Lipinski definition) is 2. The minimum Gasteiger partial charge on any atom is -0.368 e. The lowest BCUT2D eigenvalue weighted by atomic mass is 9.98. The van der Waals surface area contributed by atoms with Crippen LogP contribution in [-0.2, 0) is 15.1 Å². The quantitative estimate of drug-likeness (QED) is 0.689. The fourth-order valence-electron chi connectivity index (χ4n) is 5.08. The van der Waals surface area contributed by atoms with Crippen LogP contribution < -0.4 is 11.1 Å². The molecule has 0 spiro atoms.